The third kappa shape index (κ3) is 3.36. The highest BCUT2D eigenvalue weighted by Gasteiger charge is 2.14. The zero-order valence-electron chi connectivity index (χ0n) is 11.8. The van der Waals surface area contributed by atoms with Gasteiger partial charge in [0.1, 0.15) is 0 Å². The summed E-state index contributed by atoms with van der Waals surface area (Å²) in [6, 6.07) is 0. The van der Waals surface area contributed by atoms with Crippen molar-refractivity contribution in [3.8, 4) is 0 Å². The van der Waals surface area contributed by atoms with Crippen molar-refractivity contribution in [3.63, 3.8) is 0 Å². The predicted molar refractivity (Wildman–Crippen MR) is 74.3 cm³/mol. The fourth-order valence-electron chi connectivity index (χ4n) is 2.72. The van der Waals surface area contributed by atoms with E-state index in [2.05, 4.69) is 9.47 Å². The Kier molecular flexibility index (Phi) is 4.61. The Hall–Kier alpha value is -1.33. The zero-order chi connectivity index (χ0) is 13.8. The molecule has 0 unspecified atom stereocenters. The fourth-order valence-corrected chi connectivity index (χ4v) is 2.72. The van der Waals surface area contributed by atoms with Crippen LogP contribution in [-0.2, 0) is 11.3 Å². The van der Waals surface area contributed by atoms with Gasteiger partial charge < -0.3 is 15.0 Å². The number of morpholine rings is 1. The Labute approximate surface area is 114 Å². The van der Waals surface area contributed by atoms with Gasteiger partial charge in [-0.1, -0.05) is 0 Å². The first-order valence-electron chi connectivity index (χ1n) is 6.86. The zero-order valence-corrected chi connectivity index (χ0v) is 11.8. The topological polar surface area (TPSA) is 60.5 Å². The number of primary amides is 1. The summed E-state index contributed by atoms with van der Waals surface area (Å²) in [6.45, 7) is 9.63. The SMILES string of the molecule is Cc1cn(CCCN2CCOCC2)c(C)c1C(N)=O. The molecule has 2 N–H and O–H groups in total. The van der Waals surface area contributed by atoms with E-state index in [0.717, 1.165) is 57.1 Å². The molecule has 0 aromatic carbocycles. The largest absolute Gasteiger partial charge is 0.379 e. The van der Waals surface area contributed by atoms with E-state index in [-0.39, 0.29) is 5.91 Å². The molecule has 1 aromatic rings. The van der Waals surface area contributed by atoms with Crippen LogP contribution in [0.1, 0.15) is 28.0 Å². The first-order chi connectivity index (χ1) is 9.09. The molecule has 0 spiro atoms. The molecule has 19 heavy (non-hydrogen) atoms. The minimum absolute atomic E-state index is 0.332. The number of hydrogen-bond acceptors (Lipinski definition) is 3. The third-order valence-electron chi connectivity index (χ3n) is 3.76. The molecule has 2 heterocycles. The molecule has 0 atom stereocenters. The van der Waals surface area contributed by atoms with Crippen LogP contribution in [0, 0.1) is 13.8 Å². The first kappa shape index (κ1) is 14.1. The van der Waals surface area contributed by atoms with Gasteiger partial charge in [0.05, 0.1) is 18.8 Å². The molecule has 0 aliphatic carbocycles. The van der Waals surface area contributed by atoms with E-state index in [9.17, 15) is 4.79 Å². The summed E-state index contributed by atoms with van der Waals surface area (Å²) in [5.41, 5.74) is 8.02. The lowest BCUT2D eigenvalue weighted by Gasteiger charge is -2.26. The maximum atomic E-state index is 11.4. The number of nitrogens with zero attached hydrogens (tertiary/aromatic N) is 2. The van der Waals surface area contributed by atoms with Crippen LogP contribution in [0.2, 0.25) is 0 Å². The quantitative estimate of drug-likeness (QED) is 0.861. The van der Waals surface area contributed by atoms with Crippen molar-refractivity contribution >= 4 is 5.91 Å². The second-order valence-electron chi connectivity index (χ2n) is 5.14. The number of aryl methyl sites for hydroxylation is 2. The number of rotatable bonds is 5. The smallest absolute Gasteiger partial charge is 0.250 e. The Balaban J connectivity index is 1.89. The van der Waals surface area contributed by atoms with Crippen LogP contribution >= 0.6 is 0 Å². The number of aromatic nitrogens is 1. The molecule has 2 rings (SSSR count). The van der Waals surface area contributed by atoms with E-state index in [1.807, 2.05) is 20.0 Å². The number of amides is 1. The Bertz CT molecular complexity index is 448. The molecule has 0 radical (unpaired) electrons. The molecule has 0 bridgehead atoms. The molecule has 1 saturated heterocycles. The maximum Gasteiger partial charge on any atom is 0.250 e. The molecule has 5 heteroatoms. The van der Waals surface area contributed by atoms with Gasteiger partial charge in [0.2, 0.25) is 0 Å². The lowest BCUT2D eigenvalue weighted by molar-refractivity contribution is 0.0369. The highest BCUT2D eigenvalue weighted by Crippen LogP contribution is 2.16. The molecular formula is C14H23N3O2. The summed E-state index contributed by atoms with van der Waals surface area (Å²) in [5.74, 6) is -0.332. The highest BCUT2D eigenvalue weighted by atomic mass is 16.5. The summed E-state index contributed by atoms with van der Waals surface area (Å²) in [7, 11) is 0. The molecular weight excluding hydrogens is 242 g/mol. The van der Waals surface area contributed by atoms with Gasteiger partial charge in [-0.25, -0.2) is 0 Å². The van der Waals surface area contributed by atoms with Gasteiger partial charge in [-0.3, -0.25) is 9.69 Å². The average Bonchev–Trinajstić information content (AvgIpc) is 2.66. The van der Waals surface area contributed by atoms with E-state index in [0.29, 0.717) is 5.56 Å². The molecule has 1 aliphatic rings. The Morgan fingerprint density at radius 1 is 1.32 bits per heavy atom. The molecule has 1 aromatic heterocycles. The van der Waals surface area contributed by atoms with Crippen LogP contribution in [0.15, 0.2) is 6.20 Å². The van der Waals surface area contributed by atoms with Crippen molar-refractivity contribution in [1.82, 2.24) is 9.47 Å². The second-order valence-corrected chi connectivity index (χ2v) is 5.14. The maximum absolute atomic E-state index is 11.4. The third-order valence-corrected chi connectivity index (χ3v) is 3.76. The summed E-state index contributed by atoms with van der Waals surface area (Å²) >= 11 is 0. The van der Waals surface area contributed by atoms with Crippen molar-refractivity contribution in [2.45, 2.75) is 26.8 Å². The van der Waals surface area contributed by atoms with Crippen LogP contribution in [0.4, 0.5) is 0 Å². The average molecular weight is 265 g/mol. The molecule has 1 aliphatic heterocycles. The van der Waals surface area contributed by atoms with E-state index in [1.54, 1.807) is 0 Å². The van der Waals surface area contributed by atoms with Gasteiger partial charge in [-0.2, -0.15) is 0 Å². The Morgan fingerprint density at radius 3 is 2.58 bits per heavy atom. The van der Waals surface area contributed by atoms with Gasteiger partial charge in [-0.15, -0.1) is 0 Å². The number of nitrogens with two attached hydrogens (primary N) is 1. The second kappa shape index (κ2) is 6.21. The predicted octanol–water partition coefficient (Wildman–Crippen LogP) is 0.926. The molecule has 1 amide bonds. The molecule has 106 valence electrons. The monoisotopic (exact) mass is 265 g/mol. The van der Waals surface area contributed by atoms with E-state index in [1.165, 1.54) is 0 Å². The van der Waals surface area contributed by atoms with Crippen LogP contribution < -0.4 is 5.73 Å². The van der Waals surface area contributed by atoms with E-state index >= 15 is 0 Å². The first-order valence-corrected chi connectivity index (χ1v) is 6.86. The van der Waals surface area contributed by atoms with Gasteiger partial charge in [-0.05, 0) is 25.8 Å². The van der Waals surface area contributed by atoms with Crippen LogP contribution in [-0.4, -0.2) is 48.2 Å². The van der Waals surface area contributed by atoms with Gasteiger partial charge >= 0.3 is 0 Å². The number of carbonyl (C=O) groups excluding carboxylic acids is 1. The Morgan fingerprint density at radius 2 is 2.00 bits per heavy atom. The summed E-state index contributed by atoms with van der Waals surface area (Å²) in [4.78, 5) is 13.8. The fraction of sp³-hybridized carbons (Fsp3) is 0.643. The number of hydrogen-bond donors (Lipinski definition) is 1. The van der Waals surface area contributed by atoms with Crippen LogP contribution in [0.3, 0.4) is 0 Å². The van der Waals surface area contributed by atoms with Gasteiger partial charge in [0.15, 0.2) is 0 Å². The molecule has 1 fully saturated rings. The van der Waals surface area contributed by atoms with Crippen molar-refractivity contribution in [2.75, 3.05) is 32.8 Å². The molecule has 5 nitrogen and oxygen atoms in total. The van der Waals surface area contributed by atoms with Crippen molar-refractivity contribution in [2.24, 2.45) is 5.73 Å². The number of carbonyl (C=O) groups is 1. The standard InChI is InChI=1S/C14H23N3O2/c1-11-10-17(12(2)13(11)14(15)18)5-3-4-16-6-8-19-9-7-16/h10H,3-9H2,1-2H3,(H2,15,18). The molecule has 0 saturated carbocycles. The van der Waals surface area contributed by atoms with Gasteiger partial charge in [0, 0.05) is 38.1 Å². The van der Waals surface area contributed by atoms with E-state index < -0.39 is 0 Å². The minimum Gasteiger partial charge on any atom is -0.379 e. The summed E-state index contributed by atoms with van der Waals surface area (Å²) in [5, 5.41) is 0. The minimum atomic E-state index is -0.332. The van der Waals surface area contributed by atoms with Crippen LogP contribution in [0.5, 0.6) is 0 Å². The van der Waals surface area contributed by atoms with Crippen molar-refractivity contribution in [1.29, 1.82) is 0 Å². The lowest BCUT2D eigenvalue weighted by Crippen LogP contribution is -2.37. The normalized spacial score (nSPS) is 16.7. The van der Waals surface area contributed by atoms with Crippen molar-refractivity contribution < 1.29 is 9.53 Å². The summed E-state index contributed by atoms with van der Waals surface area (Å²) < 4.78 is 7.47. The van der Waals surface area contributed by atoms with Crippen molar-refractivity contribution in [3.05, 3.63) is 23.0 Å². The highest BCUT2D eigenvalue weighted by molar-refractivity contribution is 5.95. The lowest BCUT2D eigenvalue weighted by atomic mass is 10.1. The summed E-state index contributed by atoms with van der Waals surface area (Å²) in [6.07, 6.45) is 3.10. The van der Waals surface area contributed by atoms with Gasteiger partial charge in [0.25, 0.3) is 5.91 Å². The number of ether oxygens (including phenoxy) is 1. The van der Waals surface area contributed by atoms with Crippen LogP contribution in [0.25, 0.3) is 0 Å². The van der Waals surface area contributed by atoms with E-state index in [4.69, 9.17) is 10.5 Å².